The standard InChI is InChI=1S/C24H34N4O4S/c25-18-6-2-3-7-19(18)28(33(31)32)24(8-4-1-5-9-24)22(30)27-20-16-10-15-11-17(20)14-23(12-15,13-16)21(26)29/h2-3,6-7,15-17,20,33H,1,4-5,8-14,25H2,(H2,26,29)(H,27,30). The summed E-state index contributed by atoms with van der Waals surface area (Å²) in [6, 6.07) is 6.79. The number of nitrogen functional groups attached to an aromatic ring is 1. The van der Waals surface area contributed by atoms with Crippen molar-refractivity contribution < 1.29 is 18.0 Å². The molecule has 2 unspecified atom stereocenters. The third kappa shape index (κ3) is 3.59. The summed E-state index contributed by atoms with van der Waals surface area (Å²) in [4.78, 5) is 26.3. The van der Waals surface area contributed by atoms with E-state index in [0.29, 0.717) is 30.1 Å². The van der Waals surface area contributed by atoms with Crippen LogP contribution in [0.1, 0.15) is 64.2 Å². The molecule has 0 heterocycles. The van der Waals surface area contributed by atoms with E-state index < -0.39 is 21.8 Å². The highest BCUT2D eigenvalue weighted by Gasteiger charge is 2.59. The molecule has 5 fully saturated rings. The first kappa shape index (κ1) is 22.5. The van der Waals surface area contributed by atoms with Gasteiger partial charge in [-0.3, -0.25) is 13.9 Å². The van der Waals surface area contributed by atoms with Crippen LogP contribution in [0.4, 0.5) is 11.4 Å². The van der Waals surface area contributed by atoms with Crippen LogP contribution in [0.5, 0.6) is 0 Å². The molecule has 5 N–H and O–H groups in total. The number of anilines is 2. The first-order valence-electron chi connectivity index (χ1n) is 12.2. The van der Waals surface area contributed by atoms with Gasteiger partial charge in [-0.1, -0.05) is 31.4 Å². The normalized spacial score (nSPS) is 34.2. The Morgan fingerprint density at radius 3 is 2.21 bits per heavy atom. The summed E-state index contributed by atoms with van der Waals surface area (Å²) in [6.45, 7) is 0. The molecule has 0 aliphatic heterocycles. The molecule has 5 aliphatic carbocycles. The molecular weight excluding hydrogens is 440 g/mol. The van der Waals surface area contributed by atoms with Crippen molar-refractivity contribution in [2.24, 2.45) is 28.9 Å². The van der Waals surface area contributed by atoms with Gasteiger partial charge in [0.15, 0.2) is 0 Å². The maximum absolute atomic E-state index is 14.0. The quantitative estimate of drug-likeness (QED) is 0.370. The van der Waals surface area contributed by atoms with Crippen molar-refractivity contribution in [2.45, 2.75) is 75.8 Å². The molecule has 0 aromatic heterocycles. The summed E-state index contributed by atoms with van der Waals surface area (Å²) >= 11 is 0. The minimum Gasteiger partial charge on any atom is -0.397 e. The van der Waals surface area contributed by atoms with Gasteiger partial charge in [0.05, 0.1) is 11.4 Å². The lowest BCUT2D eigenvalue weighted by molar-refractivity contribution is -0.148. The Kier molecular flexibility index (Phi) is 5.58. The fourth-order valence-corrected chi connectivity index (χ4v) is 8.64. The van der Waals surface area contributed by atoms with Gasteiger partial charge in [0, 0.05) is 11.5 Å². The highest BCUT2D eigenvalue weighted by molar-refractivity contribution is 7.74. The van der Waals surface area contributed by atoms with E-state index >= 15 is 0 Å². The molecule has 5 aliphatic rings. The molecule has 9 heteroatoms. The smallest absolute Gasteiger partial charge is 0.247 e. The molecule has 4 bridgehead atoms. The number of nitrogens with one attached hydrogen (secondary N) is 1. The number of carbonyl (C=O) groups excluding carboxylic acids is 2. The number of carbonyl (C=O) groups is 2. The second-order valence-electron chi connectivity index (χ2n) is 10.8. The number of hydrogen-bond acceptors (Lipinski definition) is 5. The third-order valence-electron chi connectivity index (χ3n) is 8.93. The first-order valence-corrected chi connectivity index (χ1v) is 13.3. The minimum atomic E-state index is -3.08. The van der Waals surface area contributed by atoms with Crippen LogP contribution in [0.25, 0.3) is 0 Å². The summed E-state index contributed by atoms with van der Waals surface area (Å²) in [6.07, 6.45) is 7.77. The van der Waals surface area contributed by atoms with E-state index in [1.807, 2.05) is 0 Å². The molecule has 0 radical (unpaired) electrons. The molecule has 5 saturated carbocycles. The van der Waals surface area contributed by atoms with E-state index in [9.17, 15) is 18.0 Å². The second-order valence-corrected chi connectivity index (χ2v) is 11.7. The first-order chi connectivity index (χ1) is 15.8. The second kappa shape index (κ2) is 8.18. The number of hydrogen-bond donors (Lipinski definition) is 4. The van der Waals surface area contributed by atoms with Crippen LogP contribution in [0.15, 0.2) is 24.3 Å². The molecule has 180 valence electrons. The van der Waals surface area contributed by atoms with Crippen LogP contribution in [0.2, 0.25) is 0 Å². The van der Waals surface area contributed by atoms with Gasteiger partial charge in [0.2, 0.25) is 22.7 Å². The van der Waals surface area contributed by atoms with Crippen LogP contribution >= 0.6 is 0 Å². The number of benzene rings is 1. The maximum atomic E-state index is 14.0. The molecule has 8 nitrogen and oxygen atoms in total. The molecule has 2 amide bonds. The Morgan fingerprint density at radius 1 is 1.00 bits per heavy atom. The van der Waals surface area contributed by atoms with Crippen LogP contribution in [-0.2, 0) is 20.5 Å². The number of thiol groups is 1. The number of para-hydroxylation sites is 2. The number of rotatable bonds is 6. The Hall–Kier alpha value is -2.29. The van der Waals surface area contributed by atoms with Gasteiger partial charge >= 0.3 is 0 Å². The average Bonchev–Trinajstić information content (AvgIpc) is 2.77. The molecule has 1 aromatic rings. The summed E-state index contributed by atoms with van der Waals surface area (Å²) in [7, 11) is -3.08. The van der Waals surface area contributed by atoms with Crippen LogP contribution in [-0.4, -0.2) is 31.8 Å². The van der Waals surface area contributed by atoms with E-state index in [0.717, 1.165) is 51.4 Å². The Balaban J connectivity index is 1.46. The SMILES string of the molecule is NC(=O)C12CC3CC(C1)C(NC(=O)C1(N(c4ccccc4N)[SH](=O)=O)CCCCC1)C(C3)C2. The van der Waals surface area contributed by atoms with Crippen molar-refractivity contribution in [3.63, 3.8) is 0 Å². The monoisotopic (exact) mass is 474 g/mol. The zero-order valence-corrected chi connectivity index (χ0v) is 19.8. The number of primary amides is 1. The number of nitrogens with zero attached hydrogens (tertiary/aromatic N) is 1. The molecule has 6 rings (SSSR count). The lowest BCUT2D eigenvalue weighted by atomic mass is 9.47. The fraction of sp³-hybridized carbons (Fsp3) is 0.667. The van der Waals surface area contributed by atoms with E-state index in [4.69, 9.17) is 11.5 Å². The summed E-state index contributed by atoms with van der Waals surface area (Å²) in [5.41, 5.74) is 11.1. The molecular formula is C24H34N4O4S. The summed E-state index contributed by atoms with van der Waals surface area (Å²) in [5.74, 6) is 0.484. The van der Waals surface area contributed by atoms with Gasteiger partial charge in [0.25, 0.3) is 0 Å². The lowest BCUT2D eigenvalue weighted by Crippen LogP contribution is -2.66. The fourth-order valence-electron chi connectivity index (χ4n) is 7.67. The van der Waals surface area contributed by atoms with Gasteiger partial charge in [-0.05, 0) is 74.8 Å². The van der Waals surface area contributed by atoms with Crippen LogP contribution in [0.3, 0.4) is 0 Å². The van der Waals surface area contributed by atoms with Gasteiger partial charge in [-0.2, -0.15) is 0 Å². The maximum Gasteiger partial charge on any atom is 0.247 e. The van der Waals surface area contributed by atoms with E-state index in [2.05, 4.69) is 5.32 Å². The lowest BCUT2D eigenvalue weighted by Gasteiger charge is -2.59. The molecule has 1 aromatic carbocycles. The van der Waals surface area contributed by atoms with Crippen molar-refractivity contribution in [1.82, 2.24) is 5.32 Å². The van der Waals surface area contributed by atoms with Crippen molar-refractivity contribution in [2.75, 3.05) is 10.0 Å². The van der Waals surface area contributed by atoms with Gasteiger partial charge in [-0.15, -0.1) is 0 Å². The van der Waals surface area contributed by atoms with Gasteiger partial charge < -0.3 is 16.8 Å². The van der Waals surface area contributed by atoms with Crippen LogP contribution < -0.4 is 21.1 Å². The van der Waals surface area contributed by atoms with Gasteiger partial charge in [0.1, 0.15) is 5.54 Å². The van der Waals surface area contributed by atoms with Crippen LogP contribution in [0, 0.1) is 23.2 Å². The number of amides is 2. The Bertz CT molecular complexity index is 1010. The predicted molar refractivity (Wildman–Crippen MR) is 127 cm³/mol. The Labute approximate surface area is 196 Å². The van der Waals surface area contributed by atoms with Gasteiger partial charge in [-0.25, -0.2) is 8.42 Å². The van der Waals surface area contributed by atoms with E-state index in [1.165, 1.54) is 4.31 Å². The third-order valence-corrected chi connectivity index (χ3v) is 9.86. The largest absolute Gasteiger partial charge is 0.397 e. The van der Waals surface area contributed by atoms with Crippen molar-refractivity contribution >= 4 is 34.1 Å². The number of nitrogens with two attached hydrogens (primary N) is 2. The zero-order chi connectivity index (χ0) is 23.4. The molecule has 0 spiro atoms. The molecule has 2 atom stereocenters. The highest BCUT2D eigenvalue weighted by atomic mass is 32.2. The predicted octanol–water partition coefficient (Wildman–Crippen LogP) is 2.10. The van der Waals surface area contributed by atoms with Crippen molar-refractivity contribution in [1.29, 1.82) is 0 Å². The molecule has 33 heavy (non-hydrogen) atoms. The minimum absolute atomic E-state index is 0.0418. The average molecular weight is 475 g/mol. The summed E-state index contributed by atoms with van der Waals surface area (Å²) in [5, 5.41) is 3.31. The molecule has 0 saturated heterocycles. The topological polar surface area (TPSA) is 136 Å². The Morgan fingerprint density at radius 2 is 1.64 bits per heavy atom. The highest BCUT2D eigenvalue weighted by Crippen LogP contribution is 2.60. The summed E-state index contributed by atoms with van der Waals surface area (Å²) < 4.78 is 26.4. The van der Waals surface area contributed by atoms with Crippen molar-refractivity contribution in [3.8, 4) is 0 Å². The van der Waals surface area contributed by atoms with Crippen molar-refractivity contribution in [3.05, 3.63) is 24.3 Å². The zero-order valence-electron chi connectivity index (χ0n) is 18.9. The van der Waals surface area contributed by atoms with E-state index in [1.54, 1.807) is 24.3 Å². The van der Waals surface area contributed by atoms with E-state index in [-0.39, 0.29) is 29.7 Å².